The summed E-state index contributed by atoms with van der Waals surface area (Å²) >= 11 is 0. The number of hydrogen-bond acceptors (Lipinski definition) is 6. The van der Waals surface area contributed by atoms with Crippen LogP contribution in [0.15, 0.2) is 6.07 Å². The Kier molecular flexibility index (Phi) is 5.12. The Bertz CT molecular complexity index is 921. The van der Waals surface area contributed by atoms with E-state index in [-0.39, 0.29) is 17.9 Å². The highest BCUT2D eigenvalue weighted by Gasteiger charge is 2.39. The van der Waals surface area contributed by atoms with Crippen LogP contribution in [0.5, 0.6) is 0 Å². The van der Waals surface area contributed by atoms with Gasteiger partial charge in [0.05, 0.1) is 6.04 Å². The molecule has 0 unspecified atom stereocenters. The van der Waals surface area contributed by atoms with Crippen molar-refractivity contribution in [1.29, 1.82) is 0 Å². The van der Waals surface area contributed by atoms with E-state index in [2.05, 4.69) is 15.1 Å². The molecular weight excluding hydrogens is 389 g/mol. The molecule has 0 N–H and O–H groups in total. The standard InChI is InChI=1S/C18H25F3N6O2/c1-10-9-13(27-15(22-10)23-14(24-27)18(19,20)21)25-7-8-26(12(3)11(25)2)16(28)29-17(4,5)6/h9,11-12H,7-8H2,1-6H3/t11-,12-/m1/s1. The van der Waals surface area contributed by atoms with Crippen LogP contribution in [0.3, 0.4) is 0 Å². The van der Waals surface area contributed by atoms with E-state index < -0.39 is 23.7 Å². The highest BCUT2D eigenvalue weighted by molar-refractivity contribution is 5.69. The van der Waals surface area contributed by atoms with Crippen LogP contribution in [-0.2, 0) is 10.9 Å². The zero-order chi connectivity index (χ0) is 21.7. The smallest absolute Gasteiger partial charge is 0.444 e. The van der Waals surface area contributed by atoms with Crippen molar-refractivity contribution >= 4 is 17.7 Å². The van der Waals surface area contributed by atoms with Gasteiger partial charge < -0.3 is 14.5 Å². The number of alkyl halides is 3. The highest BCUT2D eigenvalue weighted by Crippen LogP contribution is 2.30. The van der Waals surface area contributed by atoms with Gasteiger partial charge in [0.2, 0.25) is 0 Å². The topological polar surface area (TPSA) is 75.9 Å². The number of piperazine rings is 1. The van der Waals surface area contributed by atoms with Crippen molar-refractivity contribution < 1.29 is 22.7 Å². The Balaban J connectivity index is 1.93. The third-order valence-corrected chi connectivity index (χ3v) is 4.86. The predicted octanol–water partition coefficient (Wildman–Crippen LogP) is 3.29. The summed E-state index contributed by atoms with van der Waals surface area (Å²) in [6, 6.07) is 1.25. The quantitative estimate of drug-likeness (QED) is 0.713. The predicted molar refractivity (Wildman–Crippen MR) is 99.7 cm³/mol. The molecule has 1 aliphatic rings. The first-order valence-corrected chi connectivity index (χ1v) is 9.36. The fraction of sp³-hybridized carbons (Fsp3) is 0.667. The second-order valence-electron chi connectivity index (χ2n) is 8.25. The minimum atomic E-state index is -4.66. The van der Waals surface area contributed by atoms with Crippen LogP contribution in [0.2, 0.25) is 0 Å². The van der Waals surface area contributed by atoms with E-state index in [1.54, 1.807) is 38.7 Å². The molecule has 1 saturated heterocycles. The van der Waals surface area contributed by atoms with E-state index in [1.165, 1.54) is 0 Å². The Morgan fingerprint density at radius 1 is 1.14 bits per heavy atom. The van der Waals surface area contributed by atoms with E-state index in [0.717, 1.165) is 4.52 Å². The SMILES string of the molecule is Cc1cc(N2CCN(C(=O)OC(C)(C)C)[C@H](C)[C@H]2C)n2nc(C(F)(F)F)nc2n1. The van der Waals surface area contributed by atoms with Crippen molar-refractivity contribution in [3.63, 3.8) is 0 Å². The van der Waals surface area contributed by atoms with E-state index in [0.29, 0.717) is 24.6 Å². The van der Waals surface area contributed by atoms with Gasteiger partial charge in [-0.05, 0) is 41.5 Å². The fourth-order valence-corrected chi connectivity index (χ4v) is 3.34. The first-order chi connectivity index (χ1) is 13.3. The summed E-state index contributed by atoms with van der Waals surface area (Å²) in [4.78, 5) is 23.7. The number of anilines is 1. The second-order valence-corrected chi connectivity index (χ2v) is 8.25. The molecule has 29 heavy (non-hydrogen) atoms. The third-order valence-electron chi connectivity index (χ3n) is 4.86. The minimum absolute atomic E-state index is 0.109. The molecule has 3 heterocycles. The molecule has 2 aromatic rings. The second kappa shape index (κ2) is 7.03. The van der Waals surface area contributed by atoms with Crippen molar-refractivity contribution in [2.45, 2.75) is 65.4 Å². The summed E-state index contributed by atoms with van der Waals surface area (Å²) in [5, 5.41) is 3.63. The summed E-state index contributed by atoms with van der Waals surface area (Å²) in [6.07, 6.45) is -5.07. The van der Waals surface area contributed by atoms with Crippen LogP contribution in [-0.4, -0.2) is 61.3 Å². The van der Waals surface area contributed by atoms with E-state index >= 15 is 0 Å². The molecule has 0 bridgehead atoms. The Morgan fingerprint density at radius 2 is 1.79 bits per heavy atom. The largest absolute Gasteiger partial charge is 0.453 e. The molecule has 2 aromatic heterocycles. The maximum atomic E-state index is 13.1. The molecule has 1 aliphatic heterocycles. The zero-order valence-electron chi connectivity index (χ0n) is 17.3. The van der Waals surface area contributed by atoms with E-state index in [4.69, 9.17) is 4.74 Å². The summed E-state index contributed by atoms with van der Waals surface area (Å²) in [7, 11) is 0. The van der Waals surface area contributed by atoms with Gasteiger partial charge in [-0.25, -0.2) is 9.78 Å². The number of hydrogen-bond donors (Lipinski definition) is 0. The summed E-state index contributed by atoms with van der Waals surface area (Å²) < 4.78 is 45.8. The number of amides is 1. The van der Waals surface area contributed by atoms with Crippen molar-refractivity contribution in [1.82, 2.24) is 24.5 Å². The van der Waals surface area contributed by atoms with Gasteiger partial charge >= 0.3 is 12.3 Å². The van der Waals surface area contributed by atoms with Crippen LogP contribution in [0.1, 0.15) is 46.1 Å². The third kappa shape index (κ3) is 4.23. The lowest BCUT2D eigenvalue weighted by Gasteiger charge is -2.45. The van der Waals surface area contributed by atoms with Gasteiger partial charge in [-0.1, -0.05) is 0 Å². The first-order valence-electron chi connectivity index (χ1n) is 9.36. The molecule has 0 radical (unpaired) electrons. The Morgan fingerprint density at radius 3 is 2.38 bits per heavy atom. The molecule has 2 atom stereocenters. The molecule has 1 amide bonds. The lowest BCUT2D eigenvalue weighted by molar-refractivity contribution is -0.144. The molecule has 0 aromatic carbocycles. The summed E-state index contributed by atoms with van der Waals surface area (Å²) in [5.41, 5.74) is -0.0802. The molecule has 160 valence electrons. The number of aryl methyl sites for hydroxylation is 1. The maximum Gasteiger partial charge on any atom is 0.453 e. The van der Waals surface area contributed by atoms with Crippen molar-refractivity contribution in [3.8, 4) is 0 Å². The lowest BCUT2D eigenvalue weighted by atomic mass is 10.1. The number of halogens is 3. The zero-order valence-corrected chi connectivity index (χ0v) is 17.3. The lowest BCUT2D eigenvalue weighted by Crippen LogP contribution is -2.60. The Labute approximate surface area is 166 Å². The molecule has 0 aliphatic carbocycles. The first kappa shape index (κ1) is 21.1. The number of ether oxygens (including phenoxy) is 1. The van der Waals surface area contributed by atoms with Crippen LogP contribution in [0, 0.1) is 6.92 Å². The number of aromatic nitrogens is 4. The molecular formula is C18H25F3N6O2. The minimum Gasteiger partial charge on any atom is -0.444 e. The number of rotatable bonds is 1. The van der Waals surface area contributed by atoms with Gasteiger partial charge in [-0.15, -0.1) is 5.10 Å². The van der Waals surface area contributed by atoms with Crippen LogP contribution in [0.25, 0.3) is 5.78 Å². The monoisotopic (exact) mass is 414 g/mol. The van der Waals surface area contributed by atoms with E-state index in [9.17, 15) is 18.0 Å². The van der Waals surface area contributed by atoms with Gasteiger partial charge in [0.25, 0.3) is 11.6 Å². The molecule has 0 saturated carbocycles. The average Bonchev–Trinajstić information content (AvgIpc) is 2.99. The number of carbonyl (C=O) groups excluding carboxylic acids is 1. The summed E-state index contributed by atoms with van der Waals surface area (Å²) in [6.45, 7) is 11.7. The van der Waals surface area contributed by atoms with Crippen LogP contribution < -0.4 is 4.90 Å². The average molecular weight is 414 g/mol. The molecule has 11 heteroatoms. The molecule has 3 rings (SSSR count). The van der Waals surface area contributed by atoms with Crippen molar-refractivity contribution in [3.05, 3.63) is 17.6 Å². The van der Waals surface area contributed by atoms with Gasteiger partial charge in [-0.3, -0.25) is 0 Å². The molecule has 8 nitrogen and oxygen atoms in total. The molecule has 0 spiro atoms. The van der Waals surface area contributed by atoms with Gasteiger partial charge in [0.1, 0.15) is 11.4 Å². The maximum absolute atomic E-state index is 13.1. The Hall–Kier alpha value is -2.59. The van der Waals surface area contributed by atoms with Gasteiger partial charge in [0.15, 0.2) is 0 Å². The van der Waals surface area contributed by atoms with Crippen molar-refractivity contribution in [2.24, 2.45) is 0 Å². The van der Waals surface area contributed by atoms with Gasteiger partial charge in [0, 0.05) is 30.9 Å². The fourth-order valence-electron chi connectivity index (χ4n) is 3.34. The van der Waals surface area contributed by atoms with E-state index in [1.807, 2.05) is 18.7 Å². The number of carbonyl (C=O) groups is 1. The highest BCUT2D eigenvalue weighted by atomic mass is 19.4. The number of fused-ring (bicyclic) bond motifs is 1. The summed E-state index contributed by atoms with van der Waals surface area (Å²) in [5.74, 6) is -0.884. The van der Waals surface area contributed by atoms with Gasteiger partial charge in [-0.2, -0.15) is 22.7 Å². The molecule has 1 fully saturated rings. The van der Waals surface area contributed by atoms with Crippen LogP contribution >= 0.6 is 0 Å². The van der Waals surface area contributed by atoms with Crippen molar-refractivity contribution in [2.75, 3.05) is 18.0 Å². The van der Waals surface area contributed by atoms with Crippen LogP contribution in [0.4, 0.5) is 23.8 Å². The normalized spacial score (nSPS) is 21.0. The number of nitrogens with zero attached hydrogens (tertiary/aromatic N) is 6.